The molecular weight excluding hydrogens is 452 g/mol. The monoisotopic (exact) mass is 478 g/mol. The van der Waals surface area contributed by atoms with E-state index in [1.54, 1.807) is 13.2 Å². The van der Waals surface area contributed by atoms with Crippen molar-refractivity contribution < 1.29 is 19.0 Å². The molecule has 2 aliphatic rings. The van der Waals surface area contributed by atoms with Gasteiger partial charge in [0.05, 0.1) is 12.7 Å². The second-order valence-electron chi connectivity index (χ2n) is 7.56. The fraction of sp³-hybridized carbons (Fsp3) is 0.280. The quantitative estimate of drug-likeness (QED) is 0.383. The molecule has 2 aromatic carbocycles. The number of nitrogens with one attached hydrogen (secondary N) is 1. The van der Waals surface area contributed by atoms with E-state index in [0.29, 0.717) is 29.9 Å². The Balaban J connectivity index is 1.33. The van der Waals surface area contributed by atoms with Crippen LogP contribution in [0.15, 0.2) is 64.2 Å². The maximum absolute atomic E-state index is 12.5. The SMILES string of the molecule is CCCCC1=NN2C(=N)C(=Cc3ccc(OCCOc4cccc(OC)c4)cc3)C(=O)N=C2S1. The number of aliphatic imine (C=N–C) groups is 1. The first-order chi connectivity index (χ1) is 16.6. The summed E-state index contributed by atoms with van der Waals surface area (Å²) in [4.78, 5) is 16.7. The number of hydrazone groups is 1. The summed E-state index contributed by atoms with van der Waals surface area (Å²) in [6.45, 7) is 2.88. The summed E-state index contributed by atoms with van der Waals surface area (Å²) in [6.07, 6.45) is 4.55. The van der Waals surface area contributed by atoms with E-state index in [0.717, 1.165) is 35.6 Å². The summed E-state index contributed by atoms with van der Waals surface area (Å²) >= 11 is 1.37. The van der Waals surface area contributed by atoms with Gasteiger partial charge in [0.15, 0.2) is 5.84 Å². The third kappa shape index (κ3) is 5.66. The molecular formula is C25H26N4O4S. The highest BCUT2D eigenvalue weighted by molar-refractivity contribution is 8.26. The Morgan fingerprint density at radius 2 is 1.79 bits per heavy atom. The van der Waals surface area contributed by atoms with Crippen LogP contribution in [0, 0.1) is 5.41 Å². The number of carbonyl (C=O) groups is 1. The topological polar surface area (TPSA) is 96.6 Å². The van der Waals surface area contributed by atoms with Crippen LogP contribution in [0.2, 0.25) is 0 Å². The summed E-state index contributed by atoms with van der Waals surface area (Å²) in [6, 6.07) is 14.7. The minimum absolute atomic E-state index is 0.0454. The molecule has 1 amide bonds. The lowest BCUT2D eigenvalue weighted by Gasteiger charge is -2.20. The fourth-order valence-corrected chi connectivity index (χ4v) is 4.22. The molecule has 0 saturated heterocycles. The highest BCUT2D eigenvalue weighted by Gasteiger charge is 2.35. The number of hydrogen-bond acceptors (Lipinski definition) is 7. The Labute approximate surface area is 202 Å². The highest BCUT2D eigenvalue weighted by atomic mass is 32.2. The lowest BCUT2D eigenvalue weighted by atomic mass is 10.1. The Bertz CT molecular complexity index is 1160. The number of rotatable bonds is 10. The van der Waals surface area contributed by atoms with E-state index in [1.807, 2.05) is 48.5 Å². The van der Waals surface area contributed by atoms with Crippen molar-refractivity contribution in [2.24, 2.45) is 10.1 Å². The molecule has 2 heterocycles. The van der Waals surface area contributed by atoms with Crippen LogP contribution in [0.5, 0.6) is 17.2 Å². The van der Waals surface area contributed by atoms with Crippen molar-refractivity contribution in [3.05, 3.63) is 59.7 Å². The number of nitrogens with zero attached hydrogens (tertiary/aromatic N) is 3. The normalized spacial score (nSPS) is 16.3. The Kier molecular flexibility index (Phi) is 7.64. The largest absolute Gasteiger partial charge is 0.497 e. The van der Waals surface area contributed by atoms with Crippen LogP contribution in [-0.4, -0.2) is 47.3 Å². The number of methoxy groups -OCH3 is 1. The predicted molar refractivity (Wildman–Crippen MR) is 135 cm³/mol. The predicted octanol–water partition coefficient (Wildman–Crippen LogP) is 4.96. The first-order valence-electron chi connectivity index (χ1n) is 11.1. The van der Waals surface area contributed by atoms with Crippen molar-refractivity contribution in [1.29, 1.82) is 5.41 Å². The number of unbranched alkanes of at least 4 members (excludes halogenated alkanes) is 1. The van der Waals surface area contributed by atoms with Crippen molar-refractivity contribution in [2.75, 3.05) is 20.3 Å². The highest BCUT2D eigenvalue weighted by Crippen LogP contribution is 2.30. The van der Waals surface area contributed by atoms with E-state index in [1.165, 1.54) is 16.8 Å². The molecule has 0 saturated carbocycles. The van der Waals surface area contributed by atoms with Gasteiger partial charge in [-0.1, -0.05) is 31.5 Å². The van der Waals surface area contributed by atoms with Crippen molar-refractivity contribution in [1.82, 2.24) is 5.01 Å². The molecule has 9 heteroatoms. The molecule has 0 aliphatic carbocycles. The zero-order valence-electron chi connectivity index (χ0n) is 19.1. The maximum Gasteiger partial charge on any atom is 0.283 e. The number of benzene rings is 2. The third-order valence-electron chi connectivity index (χ3n) is 5.09. The number of amidine groups is 2. The molecule has 4 rings (SSSR count). The zero-order chi connectivity index (χ0) is 23.9. The maximum atomic E-state index is 12.5. The van der Waals surface area contributed by atoms with Crippen molar-refractivity contribution >= 4 is 39.8 Å². The molecule has 2 aromatic rings. The first kappa shape index (κ1) is 23.6. The van der Waals surface area contributed by atoms with Gasteiger partial charge in [-0.25, -0.2) is 0 Å². The Morgan fingerprint density at radius 3 is 2.53 bits per heavy atom. The van der Waals surface area contributed by atoms with Gasteiger partial charge in [-0.15, -0.1) is 0 Å². The molecule has 0 radical (unpaired) electrons. The Morgan fingerprint density at radius 1 is 1.06 bits per heavy atom. The molecule has 34 heavy (non-hydrogen) atoms. The number of hydrogen-bond donors (Lipinski definition) is 1. The van der Waals surface area contributed by atoms with Gasteiger partial charge in [0.25, 0.3) is 5.91 Å². The lowest BCUT2D eigenvalue weighted by Crippen LogP contribution is -2.35. The van der Waals surface area contributed by atoms with Gasteiger partial charge < -0.3 is 14.2 Å². The first-order valence-corrected chi connectivity index (χ1v) is 11.9. The van der Waals surface area contributed by atoms with Gasteiger partial charge in [-0.3, -0.25) is 10.2 Å². The van der Waals surface area contributed by atoms with Crippen LogP contribution in [0.1, 0.15) is 31.7 Å². The standard InChI is InChI=1S/C25H26N4O4S/c1-3-4-8-22-28-29-23(26)21(24(30)27-25(29)34-22)15-17-9-11-18(12-10-17)32-13-14-33-20-7-5-6-19(16-20)31-2/h5-7,9-12,15-16,26H,3-4,8,13-14H2,1-2H3. The van der Waals surface area contributed by atoms with Gasteiger partial charge in [0, 0.05) is 6.07 Å². The summed E-state index contributed by atoms with van der Waals surface area (Å²) in [7, 11) is 1.61. The smallest absolute Gasteiger partial charge is 0.283 e. The number of carbonyl (C=O) groups excluding carboxylic acids is 1. The van der Waals surface area contributed by atoms with Gasteiger partial charge in [-0.05, 0) is 60.5 Å². The van der Waals surface area contributed by atoms with Crippen molar-refractivity contribution in [3.63, 3.8) is 0 Å². The van der Waals surface area contributed by atoms with Gasteiger partial charge in [-0.2, -0.15) is 15.1 Å². The second kappa shape index (κ2) is 11.0. The molecule has 0 bridgehead atoms. The van der Waals surface area contributed by atoms with Crippen LogP contribution >= 0.6 is 11.8 Å². The average molecular weight is 479 g/mol. The third-order valence-corrected chi connectivity index (χ3v) is 6.06. The van der Waals surface area contributed by atoms with Crippen molar-refractivity contribution in [3.8, 4) is 17.2 Å². The Hall–Kier alpha value is -3.59. The summed E-state index contributed by atoms with van der Waals surface area (Å²) in [5, 5.41) is 15.7. The number of amides is 1. The minimum Gasteiger partial charge on any atom is -0.497 e. The van der Waals surface area contributed by atoms with Crippen LogP contribution in [-0.2, 0) is 4.79 Å². The summed E-state index contributed by atoms with van der Waals surface area (Å²) in [5.41, 5.74) is 0.985. The van der Waals surface area contributed by atoms with Gasteiger partial charge in [0.1, 0.15) is 35.5 Å². The van der Waals surface area contributed by atoms with Gasteiger partial charge in [0.2, 0.25) is 5.17 Å². The lowest BCUT2D eigenvalue weighted by molar-refractivity contribution is -0.114. The molecule has 2 aliphatic heterocycles. The molecule has 0 spiro atoms. The number of thioether (sulfide) groups is 1. The van der Waals surface area contributed by atoms with E-state index >= 15 is 0 Å². The molecule has 8 nitrogen and oxygen atoms in total. The van der Waals surface area contributed by atoms with Crippen molar-refractivity contribution in [2.45, 2.75) is 26.2 Å². The van der Waals surface area contributed by atoms with Crippen LogP contribution < -0.4 is 14.2 Å². The van der Waals surface area contributed by atoms with Gasteiger partial charge >= 0.3 is 0 Å². The van der Waals surface area contributed by atoms with E-state index in [2.05, 4.69) is 17.0 Å². The van der Waals surface area contributed by atoms with E-state index < -0.39 is 5.91 Å². The number of ether oxygens (including phenoxy) is 3. The van der Waals surface area contributed by atoms with Crippen LogP contribution in [0.4, 0.5) is 0 Å². The number of fused-ring (bicyclic) bond motifs is 1. The van der Waals surface area contributed by atoms with E-state index in [4.69, 9.17) is 19.6 Å². The molecule has 0 aromatic heterocycles. The van der Waals surface area contributed by atoms with Crippen LogP contribution in [0.25, 0.3) is 6.08 Å². The minimum atomic E-state index is -0.425. The summed E-state index contributed by atoms with van der Waals surface area (Å²) in [5.74, 6) is 1.76. The van der Waals surface area contributed by atoms with E-state index in [9.17, 15) is 4.79 Å². The zero-order valence-corrected chi connectivity index (χ0v) is 19.9. The molecule has 0 fully saturated rings. The summed E-state index contributed by atoms with van der Waals surface area (Å²) < 4.78 is 16.6. The van der Waals surface area contributed by atoms with Crippen LogP contribution in [0.3, 0.4) is 0 Å². The van der Waals surface area contributed by atoms with E-state index in [-0.39, 0.29) is 11.4 Å². The average Bonchev–Trinajstić information content (AvgIpc) is 3.27. The fourth-order valence-electron chi connectivity index (χ4n) is 3.30. The molecule has 176 valence electrons. The molecule has 0 unspecified atom stereocenters. The molecule has 1 N–H and O–H groups in total. The molecule has 0 atom stereocenters. The second-order valence-corrected chi connectivity index (χ2v) is 8.60.